The summed E-state index contributed by atoms with van der Waals surface area (Å²) in [6, 6.07) is 17.9. The van der Waals surface area contributed by atoms with E-state index >= 15 is 0 Å². The lowest BCUT2D eigenvalue weighted by Crippen LogP contribution is -2.33. The monoisotopic (exact) mass is 614 g/mol. The Bertz CT molecular complexity index is 1380. The maximum Gasteiger partial charge on any atom is 0.415 e. The zero-order valence-corrected chi connectivity index (χ0v) is 23.9. The average molecular weight is 616 g/mol. The number of rotatable bonds is 8. The summed E-state index contributed by atoms with van der Waals surface area (Å²) in [7, 11) is 3.21. The van der Waals surface area contributed by atoms with Crippen molar-refractivity contribution in [2.45, 2.75) is 20.4 Å². The van der Waals surface area contributed by atoms with Crippen molar-refractivity contribution in [3.63, 3.8) is 0 Å². The number of halogens is 2. The molecular weight excluding hydrogens is 588 g/mol. The second-order valence-electron chi connectivity index (χ2n) is 8.20. The molecule has 4 rings (SSSR count). The summed E-state index contributed by atoms with van der Waals surface area (Å²) in [5.41, 5.74) is 3.86. The Balaban J connectivity index is 1.85. The quantitative estimate of drug-likeness (QED) is 0.203. The van der Waals surface area contributed by atoms with E-state index < -0.39 is 0 Å². The summed E-state index contributed by atoms with van der Waals surface area (Å²) in [4.78, 5) is 14.5. The van der Waals surface area contributed by atoms with Gasteiger partial charge in [-0.3, -0.25) is 0 Å². The molecule has 1 aromatic heterocycles. The standard InChI is InChI=1S/C28H28Br2N2O4/c1-5-31(6-2)28(33)36-25-10-8-23-22(27(25)19-7-9-24(34-3)26(15-19)35-4)11-12-32(23)17-18-13-20(29)16-21(30)14-18/h7-16H,5-6,17H2,1-4H3. The summed E-state index contributed by atoms with van der Waals surface area (Å²) < 4.78 is 21.1. The van der Waals surface area contributed by atoms with E-state index in [9.17, 15) is 4.79 Å². The van der Waals surface area contributed by atoms with E-state index in [4.69, 9.17) is 14.2 Å². The van der Waals surface area contributed by atoms with Gasteiger partial charge in [-0.2, -0.15) is 0 Å². The number of methoxy groups -OCH3 is 2. The van der Waals surface area contributed by atoms with Gasteiger partial charge in [0.05, 0.1) is 14.2 Å². The van der Waals surface area contributed by atoms with Gasteiger partial charge >= 0.3 is 6.09 Å². The number of aromatic nitrogens is 1. The molecule has 0 aliphatic rings. The molecule has 6 nitrogen and oxygen atoms in total. The molecule has 0 radical (unpaired) electrons. The number of carbonyl (C=O) groups excluding carboxylic acids is 1. The molecule has 0 N–H and O–H groups in total. The largest absolute Gasteiger partial charge is 0.493 e. The van der Waals surface area contributed by atoms with Crippen molar-refractivity contribution in [2.24, 2.45) is 0 Å². The highest BCUT2D eigenvalue weighted by atomic mass is 79.9. The summed E-state index contributed by atoms with van der Waals surface area (Å²) in [6.45, 7) is 5.70. The first-order valence-electron chi connectivity index (χ1n) is 11.6. The van der Waals surface area contributed by atoms with E-state index in [1.807, 2.05) is 50.2 Å². The van der Waals surface area contributed by atoms with Crippen LogP contribution in [-0.4, -0.2) is 42.9 Å². The summed E-state index contributed by atoms with van der Waals surface area (Å²) in [5, 5.41) is 0.973. The average Bonchev–Trinajstić information content (AvgIpc) is 3.26. The van der Waals surface area contributed by atoms with Crippen LogP contribution in [0.25, 0.3) is 22.0 Å². The van der Waals surface area contributed by atoms with Gasteiger partial charge in [0.1, 0.15) is 5.75 Å². The van der Waals surface area contributed by atoms with Crippen LogP contribution in [0.15, 0.2) is 69.7 Å². The summed E-state index contributed by atoms with van der Waals surface area (Å²) >= 11 is 7.15. The van der Waals surface area contributed by atoms with Crippen molar-refractivity contribution < 1.29 is 19.0 Å². The predicted octanol–water partition coefficient (Wildman–Crippen LogP) is 7.74. The number of hydrogen-bond acceptors (Lipinski definition) is 4. The maximum absolute atomic E-state index is 12.9. The summed E-state index contributed by atoms with van der Waals surface area (Å²) in [5.74, 6) is 1.73. The molecule has 3 aromatic carbocycles. The van der Waals surface area contributed by atoms with Crippen molar-refractivity contribution in [3.05, 3.63) is 75.3 Å². The van der Waals surface area contributed by atoms with Gasteiger partial charge < -0.3 is 23.7 Å². The minimum Gasteiger partial charge on any atom is -0.493 e. The molecule has 0 spiro atoms. The van der Waals surface area contributed by atoms with Crippen LogP contribution < -0.4 is 14.2 Å². The Morgan fingerprint density at radius 2 is 1.53 bits per heavy atom. The lowest BCUT2D eigenvalue weighted by atomic mass is 10.00. The van der Waals surface area contributed by atoms with E-state index in [1.54, 1.807) is 19.1 Å². The molecule has 0 saturated heterocycles. The molecule has 0 atom stereocenters. The Hall–Kier alpha value is -2.97. The number of carbonyl (C=O) groups is 1. The highest BCUT2D eigenvalue weighted by Gasteiger charge is 2.20. The van der Waals surface area contributed by atoms with Crippen LogP contribution in [-0.2, 0) is 6.54 Å². The maximum atomic E-state index is 12.9. The Morgan fingerprint density at radius 1 is 0.861 bits per heavy atom. The third-order valence-electron chi connectivity index (χ3n) is 6.08. The third-order valence-corrected chi connectivity index (χ3v) is 7.00. The lowest BCUT2D eigenvalue weighted by molar-refractivity contribution is 0.157. The highest BCUT2D eigenvalue weighted by Crippen LogP contribution is 2.41. The number of ether oxygens (including phenoxy) is 3. The number of benzene rings is 3. The molecule has 188 valence electrons. The molecule has 4 aromatic rings. The van der Waals surface area contributed by atoms with E-state index in [-0.39, 0.29) is 6.09 Å². The zero-order valence-electron chi connectivity index (χ0n) is 20.7. The van der Waals surface area contributed by atoms with Crippen molar-refractivity contribution in [2.75, 3.05) is 27.3 Å². The molecule has 0 bridgehead atoms. The van der Waals surface area contributed by atoms with Crippen LogP contribution in [0, 0.1) is 0 Å². The van der Waals surface area contributed by atoms with Gasteiger partial charge in [-0.1, -0.05) is 37.9 Å². The number of amides is 1. The van der Waals surface area contributed by atoms with Gasteiger partial charge in [0.25, 0.3) is 0 Å². The van der Waals surface area contributed by atoms with Crippen molar-refractivity contribution in [1.29, 1.82) is 0 Å². The molecule has 36 heavy (non-hydrogen) atoms. The molecule has 0 fully saturated rings. The van der Waals surface area contributed by atoms with Crippen LogP contribution in [0.5, 0.6) is 17.2 Å². The molecule has 0 unspecified atom stereocenters. The van der Waals surface area contributed by atoms with Gasteiger partial charge in [0, 0.05) is 51.2 Å². The number of fused-ring (bicyclic) bond motifs is 1. The van der Waals surface area contributed by atoms with Crippen LogP contribution in [0.2, 0.25) is 0 Å². The molecular formula is C28H28Br2N2O4. The third kappa shape index (κ3) is 5.39. The molecule has 8 heteroatoms. The minimum absolute atomic E-state index is 0.375. The fraction of sp³-hybridized carbons (Fsp3) is 0.250. The van der Waals surface area contributed by atoms with Crippen LogP contribution in [0.3, 0.4) is 0 Å². The van der Waals surface area contributed by atoms with Gasteiger partial charge in [0.2, 0.25) is 0 Å². The fourth-order valence-corrected chi connectivity index (χ4v) is 5.69. The Labute approximate surface area is 228 Å². The van der Waals surface area contributed by atoms with Crippen LogP contribution in [0.1, 0.15) is 19.4 Å². The molecule has 1 heterocycles. The van der Waals surface area contributed by atoms with Crippen LogP contribution in [0.4, 0.5) is 4.79 Å². The first-order chi connectivity index (χ1) is 17.4. The SMILES string of the molecule is CCN(CC)C(=O)Oc1ccc2c(ccn2Cc2cc(Br)cc(Br)c2)c1-c1ccc(OC)c(OC)c1. The van der Waals surface area contributed by atoms with Gasteiger partial charge in [-0.15, -0.1) is 0 Å². The van der Waals surface area contributed by atoms with Gasteiger partial charge in [-0.05, 0) is 73.5 Å². The molecule has 0 aliphatic carbocycles. The zero-order chi connectivity index (χ0) is 25.8. The smallest absolute Gasteiger partial charge is 0.415 e. The summed E-state index contributed by atoms with van der Waals surface area (Å²) in [6.07, 6.45) is 1.68. The Kier molecular flexibility index (Phi) is 8.26. The van der Waals surface area contributed by atoms with Crippen LogP contribution >= 0.6 is 31.9 Å². The number of hydrogen-bond donors (Lipinski definition) is 0. The fourth-order valence-electron chi connectivity index (χ4n) is 4.30. The second-order valence-corrected chi connectivity index (χ2v) is 10.0. The normalized spacial score (nSPS) is 10.9. The van der Waals surface area contributed by atoms with Crippen molar-refractivity contribution >= 4 is 48.9 Å². The highest BCUT2D eigenvalue weighted by molar-refractivity contribution is 9.11. The number of nitrogens with zero attached hydrogens (tertiary/aromatic N) is 2. The first-order valence-corrected chi connectivity index (χ1v) is 13.2. The van der Waals surface area contributed by atoms with E-state index in [0.717, 1.165) is 36.5 Å². The topological polar surface area (TPSA) is 52.9 Å². The van der Waals surface area contributed by atoms with E-state index in [0.29, 0.717) is 36.9 Å². The lowest BCUT2D eigenvalue weighted by Gasteiger charge is -2.20. The van der Waals surface area contributed by atoms with Gasteiger partial charge in [0.15, 0.2) is 11.5 Å². The predicted molar refractivity (Wildman–Crippen MR) is 150 cm³/mol. The Morgan fingerprint density at radius 3 is 2.17 bits per heavy atom. The minimum atomic E-state index is -0.375. The van der Waals surface area contributed by atoms with Crippen molar-refractivity contribution in [1.82, 2.24) is 9.47 Å². The van der Waals surface area contributed by atoms with E-state index in [2.05, 4.69) is 60.8 Å². The molecule has 0 saturated carbocycles. The van der Waals surface area contributed by atoms with E-state index in [1.165, 1.54) is 0 Å². The van der Waals surface area contributed by atoms with Gasteiger partial charge in [-0.25, -0.2) is 4.79 Å². The first kappa shape index (κ1) is 26.1. The molecule has 0 aliphatic heterocycles. The molecule has 1 amide bonds. The second kappa shape index (κ2) is 11.4. The van der Waals surface area contributed by atoms with Crippen molar-refractivity contribution in [3.8, 4) is 28.4 Å².